The van der Waals surface area contributed by atoms with E-state index >= 15 is 0 Å². The third kappa shape index (κ3) is 6.26. The quantitative estimate of drug-likeness (QED) is 0.146. The fourth-order valence-electron chi connectivity index (χ4n) is 5.11. The van der Waals surface area contributed by atoms with Gasteiger partial charge in [0.25, 0.3) is 0 Å². The van der Waals surface area contributed by atoms with E-state index in [4.69, 9.17) is 0 Å². The van der Waals surface area contributed by atoms with Gasteiger partial charge in [-0.2, -0.15) is 0 Å². The highest BCUT2D eigenvalue weighted by atomic mass is 32.2. The van der Waals surface area contributed by atoms with Crippen molar-refractivity contribution < 1.29 is 0 Å². The molecule has 2 aliphatic heterocycles. The molecule has 0 bridgehead atoms. The van der Waals surface area contributed by atoms with E-state index in [1.807, 2.05) is 46.2 Å². The minimum Gasteiger partial charge on any atom is -0.134 e. The molecule has 0 aliphatic carbocycles. The molecule has 0 nitrogen and oxygen atoms in total. The van der Waals surface area contributed by atoms with E-state index in [0.29, 0.717) is 10.5 Å². The molecule has 0 radical (unpaired) electrons. The van der Waals surface area contributed by atoms with Crippen LogP contribution in [-0.2, 0) is 12.8 Å². The molecule has 6 heteroatoms. The van der Waals surface area contributed by atoms with Crippen molar-refractivity contribution in [3.8, 4) is 0 Å². The van der Waals surface area contributed by atoms with Crippen LogP contribution in [0.3, 0.4) is 0 Å². The van der Waals surface area contributed by atoms with Crippen molar-refractivity contribution in [2.24, 2.45) is 0 Å². The SMILES string of the molecule is CCCCCc1ccc(Sc2ccc3c(c2)SC2c4ccc(Sc5ccc(CCCCC)s5)cc4SC32)s1. The zero-order valence-corrected chi connectivity index (χ0v) is 26.9. The van der Waals surface area contributed by atoms with E-state index in [-0.39, 0.29) is 0 Å². The number of hydrogen-bond donors (Lipinski definition) is 0. The lowest BCUT2D eigenvalue weighted by atomic mass is 10.0. The van der Waals surface area contributed by atoms with Gasteiger partial charge in [-0.15, -0.1) is 46.2 Å². The first-order chi connectivity index (χ1) is 18.7. The molecule has 6 rings (SSSR count). The average molecular weight is 611 g/mol. The van der Waals surface area contributed by atoms with Crippen molar-refractivity contribution >= 4 is 69.7 Å². The molecule has 0 amide bonds. The van der Waals surface area contributed by atoms with Gasteiger partial charge >= 0.3 is 0 Å². The predicted octanol–water partition coefficient (Wildman–Crippen LogP) is 12.6. The first kappa shape index (κ1) is 27.4. The zero-order valence-electron chi connectivity index (χ0n) is 22.0. The van der Waals surface area contributed by atoms with Crippen molar-refractivity contribution in [3.05, 3.63) is 81.5 Å². The number of rotatable bonds is 12. The van der Waals surface area contributed by atoms with Gasteiger partial charge in [0, 0.05) is 29.3 Å². The lowest BCUT2D eigenvalue weighted by Crippen LogP contribution is -1.91. The topological polar surface area (TPSA) is 0 Å². The molecular weight excluding hydrogens is 577 g/mol. The molecule has 4 aromatic rings. The maximum absolute atomic E-state index is 2.44. The van der Waals surface area contributed by atoms with Crippen molar-refractivity contribution in [2.45, 2.75) is 104 Å². The van der Waals surface area contributed by atoms with E-state index in [9.17, 15) is 0 Å². The Morgan fingerprint density at radius 2 is 1.05 bits per heavy atom. The molecule has 2 aromatic heterocycles. The van der Waals surface area contributed by atoms with Gasteiger partial charge in [0.1, 0.15) is 0 Å². The lowest BCUT2D eigenvalue weighted by Gasteiger charge is -2.08. The van der Waals surface area contributed by atoms with E-state index in [1.54, 1.807) is 0 Å². The molecule has 0 N–H and O–H groups in total. The van der Waals surface area contributed by atoms with Gasteiger partial charge < -0.3 is 0 Å². The number of benzene rings is 2. The third-order valence-corrected chi connectivity index (χ3v) is 14.6. The maximum atomic E-state index is 2.44. The van der Waals surface area contributed by atoms with Gasteiger partial charge in [0.05, 0.1) is 18.9 Å². The van der Waals surface area contributed by atoms with Crippen molar-refractivity contribution in [1.29, 1.82) is 0 Å². The molecule has 0 saturated carbocycles. The fourth-order valence-corrected chi connectivity index (χ4v) is 13.0. The monoisotopic (exact) mass is 610 g/mol. The van der Waals surface area contributed by atoms with E-state index in [2.05, 4.69) is 98.0 Å². The van der Waals surface area contributed by atoms with E-state index in [1.165, 1.54) is 100 Å². The molecule has 4 heterocycles. The Bertz CT molecular complexity index is 1280. The molecule has 2 atom stereocenters. The molecule has 2 unspecified atom stereocenters. The molecule has 2 aromatic carbocycles. The fraction of sp³-hybridized carbons (Fsp3) is 0.375. The Morgan fingerprint density at radius 1 is 0.579 bits per heavy atom. The van der Waals surface area contributed by atoms with Crippen LogP contribution in [-0.4, -0.2) is 0 Å². The van der Waals surface area contributed by atoms with Gasteiger partial charge in [-0.25, -0.2) is 0 Å². The van der Waals surface area contributed by atoms with Crippen LogP contribution in [0.15, 0.2) is 88.7 Å². The molecule has 2 aliphatic rings. The van der Waals surface area contributed by atoms with Crippen LogP contribution in [0.5, 0.6) is 0 Å². The molecular formula is C32H34S6. The van der Waals surface area contributed by atoms with Gasteiger partial charge in [0.15, 0.2) is 0 Å². The van der Waals surface area contributed by atoms with Crippen LogP contribution < -0.4 is 0 Å². The highest BCUT2D eigenvalue weighted by Crippen LogP contribution is 2.67. The first-order valence-corrected chi connectivity index (χ1v) is 18.9. The summed E-state index contributed by atoms with van der Waals surface area (Å²) in [5, 5.41) is 1.09. The van der Waals surface area contributed by atoms with Crippen LogP contribution in [0.1, 0.15) is 83.8 Å². The van der Waals surface area contributed by atoms with Gasteiger partial charge in [-0.1, -0.05) is 75.2 Å². The summed E-state index contributed by atoms with van der Waals surface area (Å²) in [5.41, 5.74) is 3.06. The Balaban J connectivity index is 1.09. The van der Waals surface area contributed by atoms with Crippen LogP contribution in [0.2, 0.25) is 0 Å². The van der Waals surface area contributed by atoms with Crippen LogP contribution >= 0.6 is 69.7 Å². The minimum absolute atomic E-state index is 0.545. The highest BCUT2D eigenvalue weighted by Gasteiger charge is 2.41. The Labute approximate surface area is 253 Å². The van der Waals surface area contributed by atoms with Crippen LogP contribution in [0.25, 0.3) is 0 Å². The van der Waals surface area contributed by atoms with E-state index < -0.39 is 0 Å². The summed E-state index contributed by atoms with van der Waals surface area (Å²) in [5.74, 6) is 0. The smallest absolute Gasteiger partial charge is 0.0649 e. The number of thiophene rings is 2. The number of hydrogen-bond acceptors (Lipinski definition) is 6. The first-order valence-electron chi connectivity index (χ1n) is 13.8. The summed E-state index contributed by atoms with van der Waals surface area (Å²) in [6.45, 7) is 4.55. The second kappa shape index (κ2) is 12.8. The second-order valence-electron chi connectivity index (χ2n) is 10.0. The standard InChI is InChI=1S/C32H34S6/c1-3-5-7-9-21-13-17-29(33-21)35-23-11-15-25-27(19-23)37-32-26-16-12-24(20-28(26)38-31(25)32)36-30-18-14-22(34-30)10-8-6-4-2/h11-20,31-32H,3-10H2,1-2H3. The molecule has 38 heavy (non-hydrogen) atoms. The summed E-state index contributed by atoms with van der Waals surface area (Å²) in [7, 11) is 0. The third-order valence-electron chi connectivity index (χ3n) is 7.13. The number of thioether (sulfide) groups is 2. The summed E-state index contributed by atoms with van der Waals surface area (Å²) in [6.07, 6.45) is 10.3. The molecule has 0 fully saturated rings. The lowest BCUT2D eigenvalue weighted by molar-refractivity contribution is 0.722. The largest absolute Gasteiger partial charge is 0.134 e. The minimum atomic E-state index is 0.545. The van der Waals surface area contributed by atoms with E-state index in [0.717, 1.165) is 0 Å². The molecule has 198 valence electrons. The Morgan fingerprint density at radius 3 is 1.50 bits per heavy atom. The highest BCUT2D eigenvalue weighted by molar-refractivity contribution is 8.05. The summed E-state index contributed by atoms with van der Waals surface area (Å²) >= 11 is 12.0. The predicted molar refractivity (Wildman–Crippen MR) is 173 cm³/mol. The molecule has 0 spiro atoms. The number of fused-ring (bicyclic) bond motifs is 5. The second-order valence-corrected chi connectivity index (χ2v) is 17.5. The Kier molecular flexibility index (Phi) is 9.25. The summed E-state index contributed by atoms with van der Waals surface area (Å²) in [6, 6.07) is 23.7. The zero-order chi connectivity index (χ0) is 25.9. The van der Waals surface area contributed by atoms with Gasteiger partial charge in [0.2, 0.25) is 0 Å². The maximum Gasteiger partial charge on any atom is 0.0649 e. The average Bonchev–Trinajstić information content (AvgIpc) is 3.69. The van der Waals surface area contributed by atoms with Gasteiger partial charge in [-0.05, 0) is 85.3 Å². The number of aryl methyl sites for hydroxylation is 2. The van der Waals surface area contributed by atoms with Crippen LogP contribution in [0, 0.1) is 0 Å². The van der Waals surface area contributed by atoms with Crippen molar-refractivity contribution in [2.75, 3.05) is 0 Å². The van der Waals surface area contributed by atoms with Crippen LogP contribution in [0.4, 0.5) is 0 Å². The summed E-state index contributed by atoms with van der Waals surface area (Å²) < 4.78 is 2.84. The Hall–Kier alpha value is -0.760. The normalized spacial score (nSPS) is 17.5. The molecule has 0 saturated heterocycles. The van der Waals surface area contributed by atoms with Crippen molar-refractivity contribution in [1.82, 2.24) is 0 Å². The summed E-state index contributed by atoms with van der Waals surface area (Å²) in [4.78, 5) is 8.78. The van der Waals surface area contributed by atoms with Gasteiger partial charge in [-0.3, -0.25) is 0 Å². The number of unbranched alkanes of at least 4 members (excludes halogenated alkanes) is 4. The van der Waals surface area contributed by atoms with Crippen molar-refractivity contribution in [3.63, 3.8) is 0 Å².